The SMILES string of the molecule is CCCCC(C)Nc1cc(C)nc(C)c1C#N. The van der Waals surface area contributed by atoms with Crippen LogP contribution in [0.15, 0.2) is 6.07 Å². The molecule has 1 N–H and O–H groups in total. The Hall–Kier alpha value is -1.56. The molecule has 0 aromatic carbocycles. The average Bonchev–Trinajstić information content (AvgIpc) is 2.25. The van der Waals surface area contributed by atoms with Crippen LogP contribution in [0.2, 0.25) is 0 Å². The van der Waals surface area contributed by atoms with Crippen LogP contribution < -0.4 is 5.32 Å². The van der Waals surface area contributed by atoms with Gasteiger partial charge in [0, 0.05) is 11.7 Å². The number of nitriles is 1. The summed E-state index contributed by atoms with van der Waals surface area (Å²) in [6.07, 6.45) is 3.53. The normalized spacial score (nSPS) is 11.9. The molecule has 1 rings (SSSR count). The van der Waals surface area contributed by atoms with Gasteiger partial charge in [0.25, 0.3) is 0 Å². The van der Waals surface area contributed by atoms with Crippen molar-refractivity contribution in [3.63, 3.8) is 0 Å². The quantitative estimate of drug-likeness (QED) is 0.843. The van der Waals surface area contributed by atoms with Crippen LogP contribution in [0, 0.1) is 25.2 Å². The Kier molecular flexibility index (Phi) is 4.96. The van der Waals surface area contributed by atoms with E-state index in [2.05, 4.69) is 30.2 Å². The lowest BCUT2D eigenvalue weighted by atomic mass is 10.1. The molecule has 1 unspecified atom stereocenters. The Morgan fingerprint density at radius 3 is 2.76 bits per heavy atom. The number of aryl methyl sites for hydroxylation is 2. The van der Waals surface area contributed by atoms with Crippen LogP contribution in [-0.4, -0.2) is 11.0 Å². The van der Waals surface area contributed by atoms with E-state index in [4.69, 9.17) is 5.26 Å². The number of pyridine rings is 1. The second-order valence-corrected chi connectivity index (χ2v) is 4.57. The Bertz CT molecular complexity index is 418. The number of hydrogen-bond acceptors (Lipinski definition) is 3. The van der Waals surface area contributed by atoms with Crippen molar-refractivity contribution < 1.29 is 0 Å². The van der Waals surface area contributed by atoms with Gasteiger partial charge < -0.3 is 5.32 Å². The zero-order chi connectivity index (χ0) is 12.8. The highest BCUT2D eigenvalue weighted by Gasteiger charge is 2.10. The van der Waals surface area contributed by atoms with E-state index in [0.29, 0.717) is 11.6 Å². The molecule has 1 aromatic heterocycles. The average molecular weight is 231 g/mol. The second kappa shape index (κ2) is 6.24. The molecule has 17 heavy (non-hydrogen) atoms. The standard InChI is InChI=1S/C14H21N3/c1-5-6-7-10(2)17-14-8-11(3)16-12(4)13(14)9-15/h8,10H,5-7H2,1-4H3,(H,16,17). The summed E-state index contributed by atoms with van der Waals surface area (Å²) >= 11 is 0. The van der Waals surface area contributed by atoms with Gasteiger partial charge in [0.05, 0.1) is 16.9 Å². The fourth-order valence-corrected chi connectivity index (χ4v) is 1.93. The van der Waals surface area contributed by atoms with Crippen LogP contribution in [0.4, 0.5) is 5.69 Å². The number of anilines is 1. The number of rotatable bonds is 5. The van der Waals surface area contributed by atoms with Gasteiger partial charge in [0.1, 0.15) is 6.07 Å². The van der Waals surface area contributed by atoms with Crippen LogP contribution >= 0.6 is 0 Å². The summed E-state index contributed by atoms with van der Waals surface area (Å²) in [5.41, 5.74) is 3.34. The van der Waals surface area contributed by atoms with E-state index in [1.807, 2.05) is 19.9 Å². The van der Waals surface area contributed by atoms with E-state index >= 15 is 0 Å². The zero-order valence-electron chi connectivity index (χ0n) is 11.2. The summed E-state index contributed by atoms with van der Waals surface area (Å²) in [6.45, 7) is 8.18. The fourth-order valence-electron chi connectivity index (χ4n) is 1.93. The molecular formula is C14H21N3. The number of hydrogen-bond donors (Lipinski definition) is 1. The largest absolute Gasteiger partial charge is 0.381 e. The molecule has 0 saturated carbocycles. The summed E-state index contributed by atoms with van der Waals surface area (Å²) in [7, 11) is 0. The van der Waals surface area contributed by atoms with E-state index < -0.39 is 0 Å². The lowest BCUT2D eigenvalue weighted by Crippen LogP contribution is -2.16. The van der Waals surface area contributed by atoms with Gasteiger partial charge in [0.15, 0.2) is 0 Å². The smallest absolute Gasteiger partial charge is 0.103 e. The first-order chi connectivity index (χ1) is 8.08. The van der Waals surface area contributed by atoms with Crippen LogP contribution in [0.25, 0.3) is 0 Å². The highest BCUT2D eigenvalue weighted by Crippen LogP contribution is 2.20. The Morgan fingerprint density at radius 2 is 2.18 bits per heavy atom. The maximum absolute atomic E-state index is 9.15. The molecule has 0 aliphatic carbocycles. The first-order valence-electron chi connectivity index (χ1n) is 6.23. The highest BCUT2D eigenvalue weighted by atomic mass is 14.9. The number of nitrogens with zero attached hydrogens (tertiary/aromatic N) is 2. The molecule has 3 heteroatoms. The van der Waals surface area contributed by atoms with Crippen LogP contribution in [0.3, 0.4) is 0 Å². The van der Waals surface area contributed by atoms with E-state index in [-0.39, 0.29) is 0 Å². The van der Waals surface area contributed by atoms with Crippen LogP contribution in [0.5, 0.6) is 0 Å². The lowest BCUT2D eigenvalue weighted by Gasteiger charge is -2.17. The molecule has 0 spiro atoms. The summed E-state index contributed by atoms with van der Waals surface area (Å²) in [5, 5.41) is 12.6. The molecule has 0 aliphatic heterocycles. The van der Waals surface area contributed by atoms with Gasteiger partial charge in [-0.3, -0.25) is 4.98 Å². The molecule has 0 fully saturated rings. The summed E-state index contributed by atoms with van der Waals surface area (Å²) in [5.74, 6) is 0. The number of nitrogens with one attached hydrogen (secondary N) is 1. The maximum atomic E-state index is 9.15. The van der Waals surface area contributed by atoms with E-state index in [9.17, 15) is 0 Å². The molecule has 1 aromatic rings. The van der Waals surface area contributed by atoms with Crippen LogP contribution in [0.1, 0.15) is 50.1 Å². The molecule has 0 aliphatic rings. The van der Waals surface area contributed by atoms with Gasteiger partial charge in [-0.1, -0.05) is 19.8 Å². The Morgan fingerprint density at radius 1 is 1.47 bits per heavy atom. The van der Waals surface area contributed by atoms with Crippen molar-refractivity contribution in [1.29, 1.82) is 5.26 Å². The van der Waals surface area contributed by atoms with Gasteiger partial charge in [0.2, 0.25) is 0 Å². The fraction of sp³-hybridized carbons (Fsp3) is 0.571. The van der Waals surface area contributed by atoms with Gasteiger partial charge >= 0.3 is 0 Å². The van der Waals surface area contributed by atoms with Crippen molar-refractivity contribution >= 4 is 5.69 Å². The van der Waals surface area contributed by atoms with Crippen molar-refractivity contribution in [3.8, 4) is 6.07 Å². The van der Waals surface area contributed by atoms with Gasteiger partial charge in [-0.25, -0.2) is 0 Å². The van der Waals surface area contributed by atoms with Crippen molar-refractivity contribution in [1.82, 2.24) is 4.98 Å². The minimum atomic E-state index is 0.392. The molecule has 0 bridgehead atoms. The Balaban J connectivity index is 2.86. The van der Waals surface area contributed by atoms with Gasteiger partial charge in [-0.15, -0.1) is 0 Å². The third kappa shape index (κ3) is 3.74. The maximum Gasteiger partial charge on any atom is 0.103 e. The molecule has 0 radical (unpaired) electrons. The first kappa shape index (κ1) is 13.5. The topological polar surface area (TPSA) is 48.7 Å². The van der Waals surface area contributed by atoms with E-state index in [1.54, 1.807) is 0 Å². The first-order valence-corrected chi connectivity index (χ1v) is 6.23. The van der Waals surface area contributed by atoms with Gasteiger partial charge in [-0.2, -0.15) is 5.26 Å². The lowest BCUT2D eigenvalue weighted by molar-refractivity contribution is 0.645. The number of aromatic nitrogens is 1. The third-order valence-corrected chi connectivity index (χ3v) is 2.83. The van der Waals surface area contributed by atoms with Crippen molar-refractivity contribution in [3.05, 3.63) is 23.0 Å². The number of unbranched alkanes of at least 4 members (excludes halogenated alkanes) is 1. The van der Waals surface area contributed by atoms with E-state index in [1.165, 1.54) is 12.8 Å². The molecule has 3 nitrogen and oxygen atoms in total. The van der Waals surface area contributed by atoms with Gasteiger partial charge in [-0.05, 0) is 33.3 Å². The predicted octanol–water partition coefficient (Wildman–Crippen LogP) is 3.56. The summed E-state index contributed by atoms with van der Waals surface area (Å²) in [6, 6.07) is 4.57. The van der Waals surface area contributed by atoms with Crippen LogP contribution in [-0.2, 0) is 0 Å². The third-order valence-electron chi connectivity index (χ3n) is 2.83. The second-order valence-electron chi connectivity index (χ2n) is 4.57. The Labute approximate surface area is 104 Å². The highest BCUT2D eigenvalue weighted by molar-refractivity contribution is 5.60. The summed E-state index contributed by atoms with van der Waals surface area (Å²) < 4.78 is 0. The zero-order valence-corrected chi connectivity index (χ0v) is 11.2. The minimum absolute atomic E-state index is 0.392. The molecule has 0 saturated heterocycles. The molecule has 92 valence electrons. The molecule has 1 atom stereocenters. The minimum Gasteiger partial charge on any atom is -0.381 e. The summed E-state index contributed by atoms with van der Waals surface area (Å²) in [4.78, 5) is 4.31. The monoisotopic (exact) mass is 231 g/mol. The molecule has 1 heterocycles. The molecule has 0 amide bonds. The van der Waals surface area contributed by atoms with E-state index in [0.717, 1.165) is 23.5 Å². The van der Waals surface area contributed by atoms with Crippen molar-refractivity contribution in [2.24, 2.45) is 0 Å². The molecular weight excluding hydrogens is 210 g/mol. The van der Waals surface area contributed by atoms with Crippen molar-refractivity contribution in [2.75, 3.05) is 5.32 Å². The predicted molar refractivity (Wildman–Crippen MR) is 71.0 cm³/mol. The van der Waals surface area contributed by atoms with Crippen molar-refractivity contribution in [2.45, 2.75) is 53.0 Å².